The summed E-state index contributed by atoms with van der Waals surface area (Å²) in [6.45, 7) is 1.81. The minimum absolute atomic E-state index is 0.516. The van der Waals surface area contributed by atoms with Crippen LogP contribution in [0.1, 0.15) is 30.3 Å². The fraction of sp³-hybridized carbons (Fsp3) is 0.389. The normalized spacial score (nSPS) is 16.0. The number of carboxylic acids is 1. The Labute approximate surface area is 168 Å². The van der Waals surface area contributed by atoms with E-state index in [1.54, 1.807) is 11.3 Å². The van der Waals surface area contributed by atoms with Crippen LogP contribution in [-0.2, 0) is 17.8 Å². The summed E-state index contributed by atoms with van der Waals surface area (Å²) in [4.78, 5) is 13.3. The Morgan fingerprint density at radius 1 is 1.45 bits per heavy atom. The van der Waals surface area contributed by atoms with Gasteiger partial charge in [0.15, 0.2) is 0 Å². The van der Waals surface area contributed by atoms with Crippen molar-refractivity contribution in [2.45, 2.75) is 38.0 Å². The van der Waals surface area contributed by atoms with Gasteiger partial charge in [-0.05, 0) is 24.3 Å². The minimum Gasteiger partial charge on any atom is -0.475 e. The van der Waals surface area contributed by atoms with E-state index in [0.29, 0.717) is 6.04 Å². The fourth-order valence-corrected chi connectivity index (χ4v) is 3.83. The lowest BCUT2D eigenvalue weighted by atomic mass is 10.0. The highest BCUT2D eigenvalue weighted by Crippen LogP contribution is 2.25. The Balaban J connectivity index is 0.000000298. The Hall–Kier alpha value is -2.66. The van der Waals surface area contributed by atoms with Crippen LogP contribution in [0.5, 0.6) is 0 Å². The standard InChI is InChI=1S/C16H19N5S.C2HF3O2/c1-2-14(21-6-5-18-15(21)3-1)10-17-8-13-9-19-20-16(13)12-4-7-22-11-12;3-2(4,5)1(6)7/h4-7,9,11,14,17H,1-3,8,10H2,(H,19,20);(H,6,7). The zero-order valence-corrected chi connectivity index (χ0v) is 16.1. The maximum atomic E-state index is 10.6. The Morgan fingerprint density at radius 3 is 2.93 bits per heavy atom. The number of fused-ring (bicyclic) bond motifs is 1. The molecule has 0 amide bonds. The molecule has 0 saturated heterocycles. The van der Waals surface area contributed by atoms with E-state index in [1.807, 2.05) is 12.4 Å². The van der Waals surface area contributed by atoms with Gasteiger partial charge >= 0.3 is 12.1 Å². The fourth-order valence-electron chi connectivity index (χ4n) is 3.18. The maximum absolute atomic E-state index is 10.6. The molecule has 1 unspecified atom stereocenters. The summed E-state index contributed by atoms with van der Waals surface area (Å²) < 4.78 is 34.1. The second-order valence-corrected chi connectivity index (χ2v) is 7.29. The van der Waals surface area contributed by atoms with Crippen LogP contribution in [0.25, 0.3) is 11.3 Å². The molecule has 3 N–H and O–H groups in total. The highest BCUT2D eigenvalue weighted by Gasteiger charge is 2.38. The van der Waals surface area contributed by atoms with Crippen LogP contribution in [0.4, 0.5) is 13.2 Å². The van der Waals surface area contributed by atoms with Crippen molar-refractivity contribution in [2.75, 3.05) is 6.54 Å². The molecule has 156 valence electrons. The third kappa shape index (κ3) is 5.45. The predicted octanol–water partition coefficient (Wildman–Crippen LogP) is 3.64. The van der Waals surface area contributed by atoms with Crippen LogP contribution < -0.4 is 5.32 Å². The summed E-state index contributed by atoms with van der Waals surface area (Å²) in [5, 5.41) is 22.3. The zero-order chi connectivity index (χ0) is 20.9. The van der Waals surface area contributed by atoms with Gasteiger partial charge in [-0.25, -0.2) is 9.78 Å². The monoisotopic (exact) mass is 427 g/mol. The van der Waals surface area contributed by atoms with Gasteiger partial charge in [-0.15, -0.1) is 0 Å². The molecule has 1 aliphatic rings. The first-order valence-electron chi connectivity index (χ1n) is 8.93. The van der Waals surface area contributed by atoms with Crippen molar-refractivity contribution >= 4 is 17.3 Å². The first kappa shape index (κ1) is 21.1. The van der Waals surface area contributed by atoms with Gasteiger partial charge in [0.25, 0.3) is 0 Å². The summed E-state index contributed by atoms with van der Waals surface area (Å²) in [6.07, 6.45) is 4.42. The van der Waals surface area contributed by atoms with Crippen molar-refractivity contribution in [3.63, 3.8) is 0 Å². The average Bonchev–Trinajstić information content (AvgIpc) is 3.42. The number of hydrogen-bond acceptors (Lipinski definition) is 5. The summed E-state index contributed by atoms with van der Waals surface area (Å²) in [5.74, 6) is -1.53. The number of halogens is 3. The summed E-state index contributed by atoms with van der Waals surface area (Å²) >= 11 is 1.71. The lowest BCUT2D eigenvalue weighted by molar-refractivity contribution is -0.192. The predicted molar refractivity (Wildman–Crippen MR) is 102 cm³/mol. The van der Waals surface area contributed by atoms with Gasteiger partial charge in [-0.1, -0.05) is 0 Å². The number of thiophene rings is 1. The summed E-state index contributed by atoms with van der Waals surface area (Å²) in [7, 11) is 0. The molecule has 0 bridgehead atoms. The molecule has 0 fully saturated rings. The van der Waals surface area contributed by atoms with Crippen molar-refractivity contribution in [1.82, 2.24) is 25.1 Å². The number of rotatable bonds is 5. The van der Waals surface area contributed by atoms with E-state index < -0.39 is 12.1 Å². The van der Waals surface area contributed by atoms with Gasteiger partial charge in [-0.2, -0.15) is 29.6 Å². The van der Waals surface area contributed by atoms with Gasteiger partial charge in [-0.3, -0.25) is 5.10 Å². The zero-order valence-electron chi connectivity index (χ0n) is 15.3. The van der Waals surface area contributed by atoms with Crippen LogP contribution >= 0.6 is 11.3 Å². The molecule has 0 spiro atoms. The van der Waals surface area contributed by atoms with E-state index in [0.717, 1.165) is 25.2 Å². The molecule has 3 aromatic heterocycles. The molecule has 0 saturated carbocycles. The molecule has 1 atom stereocenters. The SMILES string of the molecule is O=C(O)C(F)(F)F.c1cn2c(n1)CCCC2CNCc1cn[nH]c1-c1ccsc1. The average molecular weight is 427 g/mol. The molecular weight excluding hydrogens is 407 g/mol. The van der Waals surface area contributed by atoms with Gasteiger partial charge in [0.1, 0.15) is 5.82 Å². The van der Waals surface area contributed by atoms with Crippen LogP contribution in [0.3, 0.4) is 0 Å². The van der Waals surface area contributed by atoms with Crippen LogP contribution in [-0.4, -0.2) is 43.5 Å². The number of H-pyrrole nitrogens is 1. The lowest BCUT2D eigenvalue weighted by Crippen LogP contribution is -2.28. The van der Waals surface area contributed by atoms with Gasteiger partial charge in [0.2, 0.25) is 0 Å². The lowest BCUT2D eigenvalue weighted by Gasteiger charge is -2.25. The molecule has 1 aliphatic heterocycles. The second-order valence-electron chi connectivity index (χ2n) is 6.51. The molecule has 11 heteroatoms. The summed E-state index contributed by atoms with van der Waals surface area (Å²) in [6, 6.07) is 2.64. The third-order valence-corrected chi connectivity index (χ3v) is 5.23. The number of nitrogens with zero attached hydrogens (tertiary/aromatic N) is 3. The van der Waals surface area contributed by atoms with Crippen molar-refractivity contribution in [3.05, 3.63) is 46.8 Å². The molecule has 0 radical (unpaired) electrons. The van der Waals surface area contributed by atoms with Crippen molar-refractivity contribution in [3.8, 4) is 11.3 Å². The molecular formula is C18H20F3N5O2S. The van der Waals surface area contributed by atoms with Gasteiger partial charge < -0.3 is 15.0 Å². The molecule has 3 aromatic rings. The largest absolute Gasteiger partial charge is 0.490 e. The number of hydrogen-bond donors (Lipinski definition) is 3. The van der Waals surface area contributed by atoms with E-state index >= 15 is 0 Å². The first-order chi connectivity index (χ1) is 13.9. The molecule has 0 aromatic carbocycles. The van der Waals surface area contributed by atoms with E-state index in [4.69, 9.17) is 9.90 Å². The van der Waals surface area contributed by atoms with Crippen molar-refractivity contribution in [1.29, 1.82) is 0 Å². The number of aromatic amines is 1. The number of nitrogens with one attached hydrogen (secondary N) is 2. The smallest absolute Gasteiger partial charge is 0.475 e. The van der Waals surface area contributed by atoms with Crippen LogP contribution in [0.15, 0.2) is 35.4 Å². The Kier molecular flexibility index (Phi) is 6.70. The first-order valence-corrected chi connectivity index (χ1v) is 9.88. The quantitative estimate of drug-likeness (QED) is 0.578. The third-order valence-electron chi connectivity index (χ3n) is 4.55. The second kappa shape index (κ2) is 9.23. The van der Waals surface area contributed by atoms with E-state index in [9.17, 15) is 13.2 Å². The summed E-state index contributed by atoms with van der Waals surface area (Å²) in [5.41, 5.74) is 3.56. The number of aliphatic carboxylic acids is 1. The Bertz CT molecular complexity index is 920. The topological polar surface area (TPSA) is 95.8 Å². The van der Waals surface area contributed by atoms with Gasteiger partial charge in [0, 0.05) is 54.5 Å². The molecule has 29 heavy (non-hydrogen) atoms. The van der Waals surface area contributed by atoms with Crippen molar-refractivity contribution in [2.24, 2.45) is 0 Å². The number of aryl methyl sites for hydroxylation is 1. The van der Waals surface area contributed by atoms with Crippen molar-refractivity contribution < 1.29 is 23.1 Å². The minimum atomic E-state index is -5.08. The number of aromatic nitrogens is 4. The number of carbonyl (C=O) groups is 1. The van der Waals surface area contributed by atoms with Crippen LogP contribution in [0.2, 0.25) is 0 Å². The van der Waals surface area contributed by atoms with E-state index in [-0.39, 0.29) is 0 Å². The van der Waals surface area contributed by atoms with E-state index in [2.05, 4.69) is 48.1 Å². The van der Waals surface area contributed by atoms with Gasteiger partial charge in [0.05, 0.1) is 11.9 Å². The highest BCUT2D eigenvalue weighted by molar-refractivity contribution is 7.08. The number of imidazole rings is 1. The molecule has 4 heterocycles. The Morgan fingerprint density at radius 2 is 2.24 bits per heavy atom. The molecule has 7 nitrogen and oxygen atoms in total. The highest BCUT2D eigenvalue weighted by atomic mass is 32.1. The maximum Gasteiger partial charge on any atom is 0.490 e. The number of carboxylic acid groups (broad SMARTS) is 1. The number of alkyl halides is 3. The molecule has 0 aliphatic carbocycles. The van der Waals surface area contributed by atoms with E-state index in [1.165, 1.54) is 29.8 Å². The van der Waals surface area contributed by atoms with Crippen LogP contribution in [0, 0.1) is 0 Å². The molecule has 4 rings (SSSR count).